The zero-order valence-electron chi connectivity index (χ0n) is 19.4. The fourth-order valence-electron chi connectivity index (χ4n) is 3.52. The monoisotopic (exact) mass is 495 g/mol. The number of nitrogens with zero attached hydrogens (tertiary/aromatic N) is 1. The number of benzene rings is 2. The molecule has 9 nitrogen and oxygen atoms in total. The molecule has 0 aliphatic carbocycles. The summed E-state index contributed by atoms with van der Waals surface area (Å²) in [7, 11) is 2.67. The van der Waals surface area contributed by atoms with E-state index in [-0.39, 0.29) is 28.7 Å². The summed E-state index contributed by atoms with van der Waals surface area (Å²) < 4.78 is 58.3. The van der Waals surface area contributed by atoms with Gasteiger partial charge in [0.05, 0.1) is 26.9 Å². The number of hydrogen-bond acceptors (Lipinski definition) is 6. The van der Waals surface area contributed by atoms with Gasteiger partial charge in [0.2, 0.25) is 0 Å². The number of urea groups is 1. The molecule has 0 spiro atoms. The van der Waals surface area contributed by atoms with Crippen LogP contribution in [0.5, 0.6) is 17.2 Å². The number of ether oxygens (including phenoxy) is 3. The van der Waals surface area contributed by atoms with E-state index in [9.17, 15) is 27.6 Å². The zero-order valence-corrected chi connectivity index (χ0v) is 19.4. The van der Waals surface area contributed by atoms with Gasteiger partial charge in [-0.25, -0.2) is 4.79 Å². The van der Waals surface area contributed by atoms with Gasteiger partial charge in [0.25, 0.3) is 17.5 Å². The van der Waals surface area contributed by atoms with Crippen LogP contribution >= 0.6 is 0 Å². The summed E-state index contributed by atoms with van der Waals surface area (Å²) in [5, 5.41) is 3.29. The number of nitrogens with one attached hydrogen (secondary N) is 2. The van der Waals surface area contributed by atoms with Crippen LogP contribution < -0.4 is 24.8 Å². The van der Waals surface area contributed by atoms with Gasteiger partial charge >= 0.3 is 12.2 Å². The fraction of sp³-hybridized carbons (Fsp3) is 0.348. The third kappa shape index (κ3) is 4.96. The average Bonchev–Trinajstić information content (AvgIpc) is 3.03. The summed E-state index contributed by atoms with van der Waals surface area (Å²) in [6.45, 7) is 3.02. The quantitative estimate of drug-likeness (QED) is 0.545. The first-order valence-corrected chi connectivity index (χ1v) is 10.4. The van der Waals surface area contributed by atoms with Gasteiger partial charge in [-0.2, -0.15) is 13.2 Å². The summed E-state index contributed by atoms with van der Waals surface area (Å²) in [6.07, 6.45) is -5.49. The molecule has 4 amide bonds. The second kappa shape index (κ2) is 9.72. The van der Waals surface area contributed by atoms with Crippen molar-refractivity contribution >= 4 is 17.8 Å². The number of halogens is 3. The van der Waals surface area contributed by atoms with E-state index >= 15 is 0 Å². The van der Waals surface area contributed by atoms with Crippen molar-refractivity contribution in [1.29, 1.82) is 0 Å². The average molecular weight is 495 g/mol. The standard InChI is InChI=1S/C23H24F3N3O6/c1-13(2)35-16-10-8-14(9-11-16)19(30)27-22(23(24,25)26)20(31)29(21(32)28-22)12-15-6-5-7-17(33-3)18(15)34-4/h5-11,13H,12H2,1-4H3,(H,27,30)(H,28,32)/t22-/m0/s1. The molecule has 0 unspecified atom stereocenters. The lowest BCUT2D eigenvalue weighted by Crippen LogP contribution is -2.69. The summed E-state index contributed by atoms with van der Waals surface area (Å²) in [6, 6.07) is 8.52. The number of imide groups is 1. The number of carbonyl (C=O) groups is 3. The fourth-order valence-corrected chi connectivity index (χ4v) is 3.52. The van der Waals surface area contributed by atoms with Crippen LogP contribution in [0.15, 0.2) is 42.5 Å². The molecule has 1 heterocycles. The molecule has 0 saturated carbocycles. The van der Waals surface area contributed by atoms with Gasteiger partial charge in [-0.1, -0.05) is 12.1 Å². The first kappa shape index (κ1) is 25.7. The molecule has 1 atom stereocenters. The first-order valence-electron chi connectivity index (χ1n) is 10.4. The van der Waals surface area contributed by atoms with Crippen molar-refractivity contribution in [2.75, 3.05) is 14.2 Å². The molecular weight excluding hydrogens is 471 g/mol. The topological polar surface area (TPSA) is 106 Å². The molecule has 0 bridgehead atoms. The van der Waals surface area contributed by atoms with Crippen molar-refractivity contribution in [2.45, 2.75) is 38.3 Å². The largest absolute Gasteiger partial charge is 0.493 e. The molecule has 1 aliphatic rings. The number of hydrogen-bond donors (Lipinski definition) is 2. The van der Waals surface area contributed by atoms with Crippen LogP contribution in [0.4, 0.5) is 18.0 Å². The minimum Gasteiger partial charge on any atom is -0.493 e. The van der Waals surface area contributed by atoms with E-state index in [0.29, 0.717) is 10.6 Å². The van der Waals surface area contributed by atoms with Gasteiger partial charge in [0.1, 0.15) is 5.75 Å². The molecule has 35 heavy (non-hydrogen) atoms. The normalized spacial score (nSPS) is 17.9. The lowest BCUT2D eigenvalue weighted by atomic mass is 10.1. The maximum atomic E-state index is 14.2. The molecular formula is C23H24F3N3O6. The highest BCUT2D eigenvalue weighted by molar-refractivity contribution is 6.10. The molecule has 188 valence electrons. The van der Waals surface area contributed by atoms with Gasteiger partial charge in [0.15, 0.2) is 11.5 Å². The van der Waals surface area contributed by atoms with E-state index < -0.39 is 36.2 Å². The maximum Gasteiger partial charge on any atom is 0.440 e. The Labute approximate surface area is 199 Å². The van der Waals surface area contributed by atoms with Crippen molar-refractivity contribution in [2.24, 2.45) is 0 Å². The molecule has 12 heteroatoms. The molecule has 2 N–H and O–H groups in total. The third-order valence-corrected chi connectivity index (χ3v) is 5.13. The summed E-state index contributed by atoms with van der Waals surface area (Å²) >= 11 is 0. The second-order valence-corrected chi connectivity index (χ2v) is 7.87. The summed E-state index contributed by atoms with van der Waals surface area (Å²) in [5.74, 6) is -2.09. The molecule has 1 aliphatic heterocycles. The lowest BCUT2D eigenvalue weighted by Gasteiger charge is -2.30. The molecule has 2 aromatic rings. The summed E-state index contributed by atoms with van der Waals surface area (Å²) in [5.41, 5.74) is -3.60. The molecule has 0 aromatic heterocycles. The predicted octanol–water partition coefficient (Wildman–Crippen LogP) is 3.23. The van der Waals surface area contributed by atoms with Crippen molar-refractivity contribution in [3.8, 4) is 17.2 Å². The number of rotatable bonds is 8. The van der Waals surface area contributed by atoms with Crippen LogP contribution in [0, 0.1) is 0 Å². The van der Waals surface area contributed by atoms with Gasteiger partial charge in [0, 0.05) is 11.1 Å². The Balaban J connectivity index is 1.90. The molecule has 1 fully saturated rings. The smallest absolute Gasteiger partial charge is 0.440 e. The number of alkyl halides is 3. The van der Waals surface area contributed by atoms with Crippen LogP contribution in [0.1, 0.15) is 29.8 Å². The number of methoxy groups -OCH3 is 2. The minimum absolute atomic E-state index is 0.146. The SMILES string of the molecule is COc1cccc(CN2C(=O)N[C@](NC(=O)c3ccc(OC(C)C)cc3)(C(F)(F)F)C2=O)c1OC. The minimum atomic E-state index is -5.34. The van der Waals surface area contributed by atoms with Crippen molar-refractivity contribution in [1.82, 2.24) is 15.5 Å². The highest BCUT2D eigenvalue weighted by Crippen LogP contribution is 2.37. The van der Waals surface area contributed by atoms with Crippen molar-refractivity contribution in [3.05, 3.63) is 53.6 Å². The van der Waals surface area contributed by atoms with Crippen molar-refractivity contribution in [3.63, 3.8) is 0 Å². The van der Waals surface area contributed by atoms with E-state index in [1.807, 2.05) is 0 Å². The lowest BCUT2D eigenvalue weighted by molar-refractivity contribution is -0.200. The molecule has 0 radical (unpaired) electrons. The molecule has 3 rings (SSSR count). The Kier molecular flexibility index (Phi) is 7.13. The predicted molar refractivity (Wildman–Crippen MR) is 117 cm³/mol. The highest BCUT2D eigenvalue weighted by atomic mass is 19.4. The third-order valence-electron chi connectivity index (χ3n) is 5.13. The van der Waals surface area contributed by atoms with Crippen LogP contribution in [-0.4, -0.2) is 54.9 Å². The van der Waals surface area contributed by atoms with E-state index in [1.165, 1.54) is 50.6 Å². The Morgan fingerprint density at radius 2 is 1.74 bits per heavy atom. The zero-order chi connectivity index (χ0) is 26.0. The number of amides is 4. The maximum absolute atomic E-state index is 14.2. The van der Waals surface area contributed by atoms with Crippen LogP contribution in [0.3, 0.4) is 0 Å². The Bertz CT molecular complexity index is 1120. The van der Waals surface area contributed by atoms with Gasteiger partial charge in [-0.15, -0.1) is 0 Å². The molecule has 1 saturated heterocycles. The Morgan fingerprint density at radius 3 is 2.29 bits per heavy atom. The molecule has 2 aromatic carbocycles. The second-order valence-electron chi connectivity index (χ2n) is 7.87. The van der Waals surface area contributed by atoms with Crippen LogP contribution in [0.25, 0.3) is 0 Å². The summed E-state index contributed by atoms with van der Waals surface area (Å²) in [4.78, 5) is 38.6. The van der Waals surface area contributed by atoms with Gasteiger partial charge in [-0.05, 0) is 44.2 Å². The van der Waals surface area contributed by atoms with Crippen molar-refractivity contribution < 1.29 is 41.8 Å². The van der Waals surface area contributed by atoms with Crippen LogP contribution in [-0.2, 0) is 11.3 Å². The van der Waals surface area contributed by atoms with Gasteiger partial charge < -0.3 is 19.5 Å². The number of para-hydroxylation sites is 1. The van der Waals surface area contributed by atoms with E-state index in [0.717, 1.165) is 0 Å². The Morgan fingerprint density at radius 1 is 1.09 bits per heavy atom. The van der Waals surface area contributed by atoms with Crippen LogP contribution in [0.2, 0.25) is 0 Å². The van der Waals surface area contributed by atoms with Gasteiger partial charge in [-0.3, -0.25) is 19.8 Å². The Hall–Kier alpha value is -3.96. The highest BCUT2D eigenvalue weighted by Gasteiger charge is 2.68. The number of carbonyl (C=O) groups excluding carboxylic acids is 3. The van der Waals surface area contributed by atoms with E-state index in [4.69, 9.17) is 14.2 Å². The van der Waals surface area contributed by atoms with E-state index in [2.05, 4.69) is 0 Å². The van der Waals surface area contributed by atoms with E-state index in [1.54, 1.807) is 30.5 Å². The first-order chi connectivity index (χ1) is 16.4.